The van der Waals surface area contributed by atoms with E-state index in [9.17, 15) is 24.0 Å². The van der Waals surface area contributed by atoms with Gasteiger partial charge in [0.1, 0.15) is 18.7 Å². The highest BCUT2D eigenvalue weighted by molar-refractivity contribution is 8.13. The second-order valence-electron chi connectivity index (χ2n) is 8.10. The van der Waals surface area contributed by atoms with E-state index in [4.69, 9.17) is 15.9 Å². The summed E-state index contributed by atoms with van der Waals surface area (Å²) in [6, 6.07) is 17.9. The number of aliphatic imine (C=N–C) groups is 1. The zero-order valence-corrected chi connectivity index (χ0v) is 27.1. The lowest BCUT2D eigenvalue weighted by Gasteiger charge is -2.27. The molecule has 0 aromatic heterocycles. The van der Waals surface area contributed by atoms with Crippen molar-refractivity contribution in [2.75, 3.05) is 32.3 Å². The van der Waals surface area contributed by atoms with Crippen molar-refractivity contribution in [3.63, 3.8) is 0 Å². The molecule has 2 aromatic carbocycles. The van der Waals surface area contributed by atoms with Gasteiger partial charge in [-0.2, -0.15) is 0 Å². The summed E-state index contributed by atoms with van der Waals surface area (Å²) in [5.74, 6) is -2.91. The van der Waals surface area contributed by atoms with Gasteiger partial charge in [-0.3, -0.25) is 34.4 Å². The Bertz CT molecular complexity index is 1200. The molecule has 0 fully saturated rings. The average molecular weight is 649 g/mol. The molecular formula is C30H40N4O8S2. The van der Waals surface area contributed by atoms with Gasteiger partial charge >= 0.3 is 17.9 Å². The first kappa shape index (κ1) is 39.8. The highest BCUT2D eigenvalue weighted by Crippen LogP contribution is 2.31. The van der Waals surface area contributed by atoms with Gasteiger partial charge in [0.05, 0.1) is 19.8 Å². The fraction of sp³-hybridized carbons (Fsp3) is 0.367. The molecule has 4 N–H and O–H groups in total. The number of amidine groups is 2. The number of carbonyl (C=O) groups is 5. The SMILES string of the molecule is CCOC(=O)C1C(=O)NC(SC)=NC1c1ccccc1.CCOC(=O)CC(=O)OCC.CSC(=N)N.O=Cc1ccccc1. The smallest absolute Gasteiger partial charge is 0.321 e. The van der Waals surface area contributed by atoms with Gasteiger partial charge < -0.3 is 25.3 Å². The van der Waals surface area contributed by atoms with Crippen LogP contribution in [0.5, 0.6) is 0 Å². The number of esters is 3. The Balaban J connectivity index is 0.000000646. The number of hydrogen-bond donors (Lipinski definition) is 3. The summed E-state index contributed by atoms with van der Waals surface area (Å²) in [6.45, 7) is 5.90. The minimum absolute atomic E-state index is 0.171. The van der Waals surface area contributed by atoms with Gasteiger partial charge in [-0.1, -0.05) is 84.2 Å². The monoisotopic (exact) mass is 648 g/mol. The normalized spacial score (nSPS) is 14.6. The highest BCUT2D eigenvalue weighted by atomic mass is 32.2. The molecule has 12 nitrogen and oxygen atoms in total. The van der Waals surface area contributed by atoms with Crippen LogP contribution in [0, 0.1) is 11.3 Å². The van der Waals surface area contributed by atoms with Crippen LogP contribution in [0.3, 0.4) is 0 Å². The van der Waals surface area contributed by atoms with E-state index in [1.54, 1.807) is 39.2 Å². The molecule has 0 bridgehead atoms. The fourth-order valence-electron chi connectivity index (χ4n) is 3.12. The van der Waals surface area contributed by atoms with Gasteiger partial charge in [-0.05, 0) is 38.8 Å². The number of aldehydes is 1. The first-order valence-electron chi connectivity index (χ1n) is 13.4. The minimum atomic E-state index is -0.937. The number of nitrogens with one attached hydrogen (secondary N) is 2. The number of hydrogen-bond acceptors (Lipinski definition) is 12. The Morgan fingerprint density at radius 2 is 1.39 bits per heavy atom. The predicted molar refractivity (Wildman–Crippen MR) is 174 cm³/mol. The van der Waals surface area contributed by atoms with Crippen LogP contribution in [0.4, 0.5) is 0 Å². The summed E-state index contributed by atoms with van der Waals surface area (Å²) < 4.78 is 14.0. The lowest BCUT2D eigenvalue weighted by Crippen LogP contribution is -2.45. The molecular weight excluding hydrogens is 608 g/mol. The number of thioether (sulfide) groups is 2. The lowest BCUT2D eigenvalue weighted by atomic mass is 9.92. The molecule has 0 radical (unpaired) electrons. The van der Waals surface area contributed by atoms with Crippen molar-refractivity contribution in [1.29, 1.82) is 5.41 Å². The number of amides is 1. The van der Waals surface area contributed by atoms with Crippen LogP contribution in [0.2, 0.25) is 0 Å². The van der Waals surface area contributed by atoms with E-state index in [2.05, 4.69) is 19.8 Å². The van der Waals surface area contributed by atoms with Crippen molar-refractivity contribution in [2.45, 2.75) is 33.2 Å². The molecule has 1 aliphatic rings. The van der Waals surface area contributed by atoms with Gasteiger partial charge in [0.25, 0.3) is 0 Å². The van der Waals surface area contributed by atoms with Crippen LogP contribution in [0.25, 0.3) is 0 Å². The van der Waals surface area contributed by atoms with Crippen LogP contribution >= 0.6 is 23.5 Å². The third-order valence-corrected chi connectivity index (χ3v) is 6.05. The van der Waals surface area contributed by atoms with Crippen molar-refractivity contribution < 1.29 is 38.2 Å². The van der Waals surface area contributed by atoms with Crippen LogP contribution in [0.15, 0.2) is 65.7 Å². The molecule has 0 spiro atoms. The highest BCUT2D eigenvalue weighted by Gasteiger charge is 2.40. The molecule has 2 atom stereocenters. The second kappa shape index (κ2) is 24.3. The number of ether oxygens (including phenoxy) is 3. The topological polar surface area (TPSA) is 187 Å². The van der Waals surface area contributed by atoms with Gasteiger partial charge in [-0.15, -0.1) is 0 Å². The molecule has 0 saturated carbocycles. The van der Waals surface area contributed by atoms with Gasteiger partial charge in [0, 0.05) is 5.56 Å². The largest absolute Gasteiger partial charge is 0.466 e. The number of rotatable bonds is 8. The Kier molecular flexibility index (Phi) is 22.0. The molecule has 14 heteroatoms. The summed E-state index contributed by atoms with van der Waals surface area (Å²) >= 11 is 2.58. The van der Waals surface area contributed by atoms with Crippen molar-refractivity contribution in [3.8, 4) is 0 Å². The predicted octanol–water partition coefficient (Wildman–Crippen LogP) is 4.00. The molecule has 1 amide bonds. The summed E-state index contributed by atoms with van der Waals surface area (Å²) in [7, 11) is 0. The molecule has 2 unspecified atom stereocenters. The lowest BCUT2D eigenvalue weighted by molar-refractivity contribution is -0.155. The summed E-state index contributed by atoms with van der Waals surface area (Å²) in [4.78, 5) is 59.9. The zero-order chi connectivity index (χ0) is 33.3. The van der Waals surface area contributed by atoms with Crippen LogP contribution in [0.1, 0.15) is 49.2 Å². The van der Waals surface area contributed by atoms with Crippen LogP contribution in [-0.4, -0.2) is 72.8 Å². The fourth-order valence-corrected chi connectivity index (χ4v) is 3.54. The number of benzene rings is 2. The molecule has 3 rings (SSSR count). The van der Waals surface area contributed by atoms with Crippen molar-refractivity contribution in [3.05, 3.63) is 71.8 Å². The maximum absolute atomic E-state index is 12.2. The Morgan fingerprint density at radius 1 is 0.909 bits per heavy atom. The standard InChI is InChI=1S/C14H16N2O3S.C7H12O4.C7H6O.C2H6N2S/c1-3-19-13(18)10-11(9-7-5-4-6-8-9)15-14(20-2)16-12(10)17;1-3-10-6(8)5-7(9)11-4-2;8-6-7-4-2-1-3-5-7;1-5-2(3)4/h4-8,10-11H,3H2,1-2H3,(H,15,16,17);3-5H2,1-2H3;1-6H;1H3,(H3,3,4). The van der Waals surface area contributed by atoms with Gasteiger partial charge in [0.2, 0.25) is 5.91 Å². The molecule has 1 aliphatic heterocycles. The summed E-state index contributed by atoms with van der Waals surface area (Å²) in [6.07, 6.45) is 4.13. The van der Waals surface area contributed by atoms with Gasteiger partial charge in [0.15, 0.2) is 16.3 Å². The summed E-state index contributed by atoms with van der Waals surface area (Å²) in [5.41, 5.74) is 6.39. The van der Waals surface area contributed by atoms with Crippen LogP contribution in [-0.2, 0) is 33.4 Å². The van der Waals surface area contributed by atoms with E-state index < -0.39 is 29.9 Å². The number of nitrogens with two attached hydrogens (primary N) is 1. The van der Waals surface area contributed by atoms with Crippen molar-refractivity contribution >= 4 is 64.0 Å². The maximum Gasteiger partial charge on any atom is 0.321 e. The van der Waals surface area contributed by atoms with E-state index in [1.807, 2.05) is 54.8 Å². The van der Waals surface area contributed by atoms with Crippen molar-refractivity contribution in [1.82, 2.24) is 5.32 Å². The molecule has 44 heavy (non-hydrogen) atoms. The third-order valence-electron chi connectivity index (χ3n) is 5.01. The molecule has 0 saturated heterocycles. The van der Waals surface area contributed by atoms with Gasteiger partial charge in [-0.25, -0.2) is 0 Å². The minimum Gasteiger partial charge on any atom is -0.466 e. The van der Waals surface area contributed by atoms with E-state index in [1.165, 1.54) is 23.5 Å². The Morgan fingerprint density at radius 3 is 1.77 bits per heavy atom. The molecule has 0 aliphatic carbocycles. The first-order chi connectivity index (χ1) is 21.1. The van der Waals surface area contributed by atoms with E-state index in [0.717, 1.165) is 17.4 Å². The number of nitrogens with zero attached hydrogens (tertiary/aromatic N) is 1. The van der Waals surface area contributed by atoms with E-state index in [0.29, 0.717) is 5.17 Å². The number of carbonyl (C=O) groups excluding carboxylic acids is 5. The molecule has 1 heterocycles. The Labute approximate surface area is 266 Å². The first-order valence-corrected chi connectivity index (χ1v) is 15.9. The quantitative estimate of drug-likeness (QED) is 0.0938. The second-order valence-corrected chi connectivity index (χ2v) is 9.74. The molecule has 2 aromatic rings. The third kappa shape index (κ3) is 17.1. The average Bonchev–Trinajstić information content (AvgIpc) is 3.02. The van der Waals surface area contributed by atoms with E-state index in [-0.39, 0.29) is 37.3 Å². The Hall–Kier alpha value is -4.17. The summed E-state index contributed by atoms with van der Waals surface area (Å²) in [5, 5.41) is 9.80. The van der Waals surface area contributed by atoms with Crippen molar-refractivity contribution in [2.24, 2.45) is 16.6 Å². The van der Waals surface area contributed by atoms with Crippen LogP contribution < -0.4 is 11.1 Å². The van der Waals surface area contributed by atoms with E-state index >= 15 is 0 Å². The zero-order valence-electron chi connectivity index (χ0n) is 25.4. The molecule has 240 valence electrons. The maximum atomic E-state index is 12.2.